The van der Waals surface area contributed by atoms with Crippen LogP contribution in [0.1, 0.15) is 26.5 Å². The molecule has 0 amide bonds. The van der Waals surface area contributed by atoms with E-state index in [1.165, 1.54) is 6.26 Å². The summed E-state index contributed by atoms with van der Waals surface area (Å²) >= 11 is 0. The van der Waals surface area contributed by atoms with Crippen molar-refractivity contribution < 1.29 is 19.1 Å². The summed E-state index contributed by atoms with van der Waals surface area (Å²) in [7, 11) is 0. The topological polar surface area (TPSA) is 67.5 Å². The SMILES string of the molecule is O=Cc1occ(CO)c1C=O. The van der Waals surface area contributed by atoms with Crippen molar-refractivity contribution in [3.05, 3.63) is 23.2 Å². The molecular formula is C7H6O4. The number of hydrogen-bond acceptors (Lipinski definition) is 4. The number of aliphatic hydroxyl groups excluding tert-OH is 1. The van der Waals surface area contributed by atoms with Crippen LogP contribution in [0.15, 0.2) is 10.7 Å². The summed E-state index contributed by atoms with van der Waals surface area (Å²) in [6.07, 6.45) is 2.11. The summed E-state index contributed by atoms with van der Waals surface area (Å²) in [6, 6.07) is 0. The molecule has 0 radical (unpaired) electrons. The van der Waals surface area contributed by atoms with E-state index in [0.717, 1.165) is 0 Å². The summed E-state index contributed by atoms with van der Waals surface area (Å²) in [5.74, 6) is -0.0379. The summed E-state index contributed by atoms with van der Waals surface area (Å²) in [5.41, 5.74) is 0.463. The van der Waals surface area contributed by atoms with Gasteiger partial charge in [-0.15, -0.1) is 0 Å². The van der Waals surface area contributed by atoms with Crippen LogP contribution < -0.4 is 0 Å². The molecule has 1 aromatic heterocycles. The van der Waals surface area contributed by atoms with Gasteiger partial charge in [0.1, 0.15) is 0 Å². The minimum absolute atomic E-state index is 0.0379. The van der Waals surface area contributed by atoms with Crippen LogP contribution in [0.2, 0.25) is 0 Å². The molecule has 4 nitrogen and oxygen atoms in total. The van der Waals surface area contributed by atoms with Gasteiger partial charge in [-0.25, -0.2) is 0 Å². The quantitative estimate of drug-likeness (QED) is 0.639. The standard InChI is InChI=1S/C7H6O4/c8-1-5-4-11-7(3-10)6(5)2-9/h2-4,8H,1H2. The molecule has 0 saturated carbocycles. The van der Waals surface area contributed by atoms with Crippen LogP contribution >= 0.6 is 0 Å². The van der Waals surface area contributed by atoms with Gasteiger partial charge in [-0.05, 0) is 0 Å². The van der Waals surface area contributed by atoms with E-state index in [1.54, 1.807) is 0 Å². The first-order chi connectivity index (χ1) is 5.33. The Kier molecular flexibility index (Phi) is 2.18. The second-order valence-corrected chi connectivity index (χ2v) is 1.93. The maximum absolute atomic E-state index is 10.3. The fraction of sp³-hybridized carbons (Fsp3) is 0.143. The monoisotopic (exact) mass is 154 g/mol. The van der Waals surface area contributed by atoms with Crippen LogP contribution in [-0.2, 0) is 6.61 Å². The van der Waals surface area contributed by atoms with Crippen LogP contribution in [0.3, 0.4) is 0 Å². The van der Waals surface area contributed by atoms with Gasteiger partial charge >= 0.3 is 0 Å². The molecule has 0 atom stereocenters. The fourth-order valence-electron chi connectivity index (χ4n) is 0.767. The van der Waals surface area contributed by atoms with Crippen LogP contribution in [-0.4, -0.2) is 17.7 Å². The van der Waals surface area contributed by atoms with Crippen molar-refractivity contribution in [1.82, 2.24) is 0 Å². The van der Waals surface area contributed by atoms with Gasteiger partial charge in [0, 0.05) is 5.56 Å². The molecule has 0 unspecified atom stereocenters. The number of furan rings is 1. The lowest BCUT2D eigenvalue weighted by Crippen LogP contribution is -1.90. The largest absolute Gasteiger partial charge is 0.460 e. The third-order valence-electron chi connectivity index (χ3n) is 1.33. The van der Waals surface area contributed by atoms with Crippen molar-refractivity contribution >= 4 is 12.6 Å². The van der Waals surface area contributed by atoms with Gasteiger partial charge in [-0.2, -0.15) is 0 Å². The van der Waals surface area contributed by atoms with E-state index < -0.39 is 0 Å². The Hall–Kier alpha value is -1.42. The molecule has 11 heavy (non-hydrogen) atoms. The predicted molar refractivity (Wildman–Crippen MR) is 35.4 cm³/mol. The number of carbonyl (C=O) groups is 2. The molecular weight excluding hydrogens is 148 g/mol. The Morgan fingerprint density at radius 1 is 1.45 bits per heavy atom. The first-order valence-corrected chi connectivity index (χ1v) is 2.95. The molecule has 0 aliphatic heterocycles. The van der Waals surface area contributed by atoms with Crippen LogP contribution in [0, 0.1) is 0 Å². The minimum Gasteiger partial charge on any atom is -0.460 e. The number of aliphatic hydroxyl groups is 1. The maximum atomic E-state index is 10.3. The van der Waals surface area contributed by atoms with E-state index in [-0.39, 0.29) is 17.9 Å². The zero-order valence-corrected chi connectivity index (χ0v) is 5.61. The van der Waals surface area contributed by atoms with Gasteiger partial charge in [0.05, 0.1) is 18.4 Å². The molecule has 4 heteroatoms. The summed E-state index contributed by atoms with van der Waals surface area (Å²) in [5, 5.41) is 8.62. The fourth-order valence-corrected chi connectivity index (χ4v) is 0.767. The van der Waals surface area contributed by atoms with Crippen LogP contribution in [0.4, 0.5) is 0 Å². The summed E-state index contributed by atoms with van der Waals surface area (Å²) < 4.78 is 4.67. The third kappa shape index (κ3) is 1.20. The molecule has 0 spiro atoms. The summed E-state index contributed by atoms with van der Waals surface area (Å²) in [4.78, 5) is 20.5. The minimum atomic E-state index is -0.300. The highest BCUT2D eigenvalue weighted by molar-refractivity contribution is 5.89. The average molecular weight is 154 g/mol. The zero-order valence-electron chi connectivity index (χ0n) is 5.61. The van der Waals surface area contributed by atoms with Crippen molar-refractivity contribution in [1.29, 1.82) is 0 Å². The Labute approximate surface area is 62.4 Å². The van der Waals surface area contributed by atoms with E-state index >= 15 is 0 Å². The molecule has 0 aromatic carbocycles. The molecule has 1 rings (SSSR count). The molecule has 0 aliphatic carbocycles. The van der Waals surface area contributed by atoms with Gasteiger partial charge in [0.15, 0.2) is 18.3 Å². The van der Waals surface area contributed by atoms with Crippen molar-refractivity contribution in [3.8, 4) is 0 Å². The molecule has 58 valence electrons. The first-order valence-electron chi connectivity index (χ1n) is 2.95. The molecule has 1 heterocycles. The third-order valence-corrected chi connectivity index (χ3v) is 1.33. The van der Waals surface area contributed by atoms with E-state index in [2.05, 4.69) is 4.42 Å². The number of aldehydes is 2. The maximum Gasteiger partial charge on any atom is 0.186 e. The highest BCUT2D eigenvalue weighted by atomic mass is 16.3. The summed E-state index contributed by atoms with van der Waals surface area (Å²) in [6.45, 7) is -0.300. The van der Waals surface area contributed by atoms with Crippen LogP contribution in [0.5, 0.6) is 0 Å². The first kappa shape index (κ1) is 7.68. The van der Waals surface area contributed by atoms with E-state index in [1.807, 2.05) is 0 Å². The van der Waals surface area contributed by atoms with Gasteiger partial charge in [0.25, 0.3) is 0 Å². The lowest BCUT2D eigenvalue weighted by molar-refractivity contribution is 0.107. The molecule has 0 aliphatic rings. The zero-order chi connectivity index (χ0) is 8.27. The van der Waals surface area contributed by atoms with Gasteiger partial charge in [0.2, 0.25) is 0 Å². The predicted octanol–water partition coefficient (Wildman–Crippen LogP) is 0.397. The van der Waals surface area contributed by atoms with Crippen molar-refractivity contribution in [2.75, 3.05) is 0 Å². The smallest absolute Gasteiger partial charge is 0.186 e. The average Bonchev–Trinajstić information content (AvgIpc) is 2.45. The van der Waals surface area contributed by atoms with Crippen LogP contribution in [0.25, 0.3) is 0 Å². The Morgan fingerprint density at radius 2 is 2.18 bits per heavy atom. The van der Waals surface area contributed by atoms with Gasteiger partial charge in [-0.3, -0.25) is 9.59 Å². The Morgan fingerprint density at radius 3 is 2.64 bits per heavy atom. The highest BCUT2D eigenvalue weighted by Crippen LogP contribution is 2.12. The lowest BCUT2D eigenvalue weighted by Gasteiger charge is -1.87. The van der Waals surface area contributed by atoms with E-state index in [4.69, 9.17) is 5.11 Å². The second-order valence-electron chi connectivity index (χ2n) is 1.93. The molecule has 1 aromatic rings. The Balaban J connectivity index is 3.18. The van der Waals surface area contributed by atoms with Crippen molar-refractivity contribution in [3.63, 3.8) is 0 Å². The Bertz CT molecular complexity index is 274. The molecule has 1 N–H and O–H groups in total. The number of carbonyl (C=O) groups excluding carboxylic acids is 2. The lowest BCUT2D eigenvalue weighted by atomic mass is 10.2. The highest BCUT2D eigenvalue weighted by Gasteiger charge is 2.10. The molecule has 0 fully saturated rings. The van der Waals surface area contributed by atoms with E-state index in [0.29, 0.717) is 18.1 Å². The molecule has 0 saturated heterocycles. The van der Waals surface area contributed by atoms with E-state index in [9.17, 15) is 9.59 Å². The second kappa shape index (κ2) is 3.12. The van der Waals surface area contributed by atoms with Gasteiger partial charge in [-0.1, -0.05) is 0 Å². The number of rotatable bonds is 3. The molecule has 0 bridgehead atoms. The van der Waals surface area contributed by atoms with Crippen molar-refractivity contribution in [2.45, 2.75) is 6.61 Å². The number of hydrogen-bond donors (Lipinski definition) is 1. The van der Waals surface area contributed by atoms with Crippen molar-refractivity contribution in [2.24, 2.45) is 0 Å². The normalized spacial score (nSPS) is 9.55. The van der Waals surface area contributed by atoms with Gasteiger partial charge < -0.3 is 9.52 Å².